The van der Waals surface area contributed by atoms with Crippen molar-refractivity contribution in [1.82, 2.24) is 5.32 Å². The van der Waals surface area contributed by atoms with E-state index in [0.29, 0.717) is 6.04 Å². The van der Waals surface area contributed by atoms with Crippen LogP contribution in [0.15, 0.2) is 0 Å². The van der Waals surface area contributed by atoms with Crippen LogP contribution < -0.4 is 11.1 Å². The first-order valence-electron chi connectivity index (χ1n) is 4.34. The van der Waals surface area contributed by atoms with Crippen molar-refractivity contribution in [1.29, 1.82) is 0 Å². The summed E-state index contributed by atoms with van der Waals surface area (Å²) in [5.41, 5.74) is 5.96. The van der Waals surface area contributed by atoms with Gasteiger partial charge in [0.05, 0.1) is 0 Å². The Labute approximate surface area is 62.2 Å². The van der Waals surface area contributed by atoms with Gasteiger partial charge in [0.1, 0.15) is 0 Å². The van der Waals surface area contributed by atoms with E-state index in [1.165, 1.54) is 32.4 Å². The number of nitrogens with one attached hydrogen (secondary N) is 1. The lowest BCUT2D eigenvalue weighted by Crippen LogP contribution is -2.39. The van der Waals surface area contributed by atoms with Crippen LogP contribution >= 0.6 is 0 Å². The lowest BCUT2D eigenvalue weighted by Gasteiger charge is -2.28. The van der Waals surface area contributed by atoms with Crippen molar-refractivity contribution in [3.8, 4) is 0 Å². The molecule has 1 saturated heterocycles. The van der Waals surface area contributed by atoms with Gasteiger partial charge >= 0.3 is 0 Å². The molecule has 3 unspecified atom stereocenters. The Morgan fingerprint density at radius 2 is 2.10 bits per heavy atom. The van der Waals surface area contributed by atoms with Crippen LogP contribution in [0.4, 0.5) is 0 Å². The molecule has 2 heteroatoms. The average molecular weight is 140 g/mol. The smallest absolute Gasteiger partial charge is 0.00708 e. The summed E-state index contributed by atoms with van der Waals surface area (Å²) in [7, 11) is 0. The molecule has 58 valence electrons. The van der Waals surface area contributed by atoms with Gasteiger partial charge in [0.15, 0.2) is 0 Å². The second kappa shape index (κ2) is 2.51. The minimum absolute atomic E-state index is 0.520. The fourth-order valence-electron chi connectivity index (χ4n) is 2.44. The molecule has 2 aliphatic rings. The quantitative estimate of drug-likeness (QED) is 0.509. The number of fused-ring (bicyclic) bond motifs is 1. The van der Waals surface area contributed by atoms with Crippen LogP contribution in [0.5, 0.6) is 0 Å². The van der Waals surface area contributed by atoms with Gasteiger partial charge in [0.2, 0.25) is 0 Å². The van der Waals surface area contributed by atoms with Crippen molar-refractivity contribution in [2.24, 2.45) is 17.6 Å². The largest absolute Gasteiger partial charge is 0.327 e. The van der Waals surface area contributed by atoms with Crippen LogP contribution in [0.3, 0.4) is 0 Å². The lowest BCUT2D eigenvalue weighted by molar-refractivity contribution is 0.277. The monoisotopic (exact) mass is 140 g/mol. The Bertz CT molecular complexity index is 122. The van der Waals surface area contributed by atoms with E-state index in [-0.39, 0.29) is 0 Å². The van der Waals surface area contributed by atoms with Gasteiger partial charge in [-0.1, -0.05) is 0 Å². The molecule has 3 atom stereocenters. The second-order valence-electron chi connectivity index (χ2n) is 3.66. The van der Waals surface area contributed by atoms with Gasteiger partial charge < -0.3 is 11.1 Å². The summed E-state index contributed by atoms with van der Waals surface area (Å²) in [5, 5.41) is 3.42. The van der Waals surface area contributed by atoms with Crippen LogP contribution in [0.1, 0.15) is 19.3 Å². The highest BCUT2D eigenvalue weighted by molar-refractivity contribution is 4.91. The minimum Gasteiger partial charge on any atom is -0.327 e. The first-order chi connectivity index (χ1) is 4.88. The van der Waals surface area contributed by atoms with Crippen molar-refractivity contribution < 1.29 is 0 Å². The zero-order valence-electron chi connectivity index (χ0n) is 6.34. The average Bonchev–Trinajstić information content (AvgIpc) is 2.34. The van der Waals surface area contributed by atoms with E-state index in [9.17, 15) is 0 Å². The molecule has 0 spiro atoms. The molecule has 1 aliphatic carbocycles. The third-order valence-corrected chi connectivity index (χ3v) is 3.09. The predicted octanol–water partition coefficient (Wildman–Crippen LogP) is 0.333. The third-order valence-electron chi connectivity index (χ3n) is 3.09. The summed E-state index contributed by atoms with van der Waals surface area (Å²) in [6.45, 7) is 2.41. The highest BCUT2D eigenvalue weighted by atomic mass is 14.9. The standard InChI is InChI=1S/C8H16N2/c9-8-2-1-6-5-10-4-3-7(6)8/h6-8,10H,1-5,9H2. The summed E-state index contributed by atoms with van der Waals surface area (Å²) in [4.78, 5) is 0. The van der Waals surface area contributed by atoms with E-state index in [0.717, 1.165) is 11.8 Å². The number of rotatable bonds is 0. The molecule has 10 heavy (non-hydrogen) atoms. The Morgan fingerprint density at radius 3 is 2.90 bits per heavy atom. The summed E-state index contributed by atoms with van der Waals surface area (Å²) in [6.07, 6.45) is 3.93. The topological polar surface area (TPSA) is 38.0 Å². The number of hydrogen-bond donors (Lipinski definition) is 2. The number of nitrogens with two attached hydrogens (primary N) is 1. The van der Waals surface area contributed by atoms with Crippen molar-refractivity contribution in [3.05, 3.63) is 0 Å². The Kier molecular flexibility index (Phi) is 1.66. The first kappa shape index (κ1) is 6.62. The van der Waals surface area contributed by atoms with Gasteiger partial charge in [-0.05, 0) is 44.2 Å². The SMILES string of the molecule is NC1CCC2CNCCC12. The Morgan fingerprint density at radius 1 is 1.20 bits per heavy atom. The molecule has 2 rings (SSSR count). The van der Waals surface area contributed by atoms with Crippen LogP contribution in [-0.2, 0) is 0 Å². The summed E-state index contributed by atoms with van der Waals surface area (Å²) < 4.78 is 0. The fourth-order valence-corrected chi connectivity index (χ4v) is 2.44. The molecule has 0 aromatic rings. The zero-order valence-corrected chi connectivity index (χ0v) is 6.34. The zero-order chi connectivity index (χ0) is 6.97. The molecular formula is C8H16N2. The van der Waals surface area contributed by atoms with Crippen LogP contribution in [0, 0.1) is 11.8 Å². The molecule has 0 bridgehead atoms. The first-order valence-corrected chi connectivity index (χ1v) is 4.34. The van der Waals surface area contributed by atoms with Gasteiger partial charge in [-0.2, -0.15) is 0 Å². The maximum Gasteiger partial charge on any atom is 0.00708 e. The highest BCUT2D eigenvalue weighted by Crippen LogP contribution is 2.34. The number of piperidine rings is 1. The summed E-state index contributed by atoms with van der Waals surface area (Å²) in [6, 6.07) is 0.520. The molecule has 2 nitrogen and oxygen atoms in total. The maximum absolute atomic E-state index is 5.96. The van der Waals surface area contributed by atoms with Gasteiger partial charge in [-0.3, -0.25) is 0 Å². The van der Waals surface area contributed by atoms with Crippen LogP contribution in [0.25, 0.3) is 0 Å². The Hall–Kier alpha value is -0.0800. The van der Waals surface area contributed by atoms with Crippen LogP contribution in [-0.4, -0.2) is 19.1 Å². The molecule has 0 radical (unpaired) electrons. The van der Waals surface area contributed by atoms with Crippen molar-refractivity contribution >= 4 is 0 Å². The Balaban J connectivity index is 2.01. The van der Waals surface area contributed by atoms with Gasteiger partial charge in [-0.25, -0.2) is 0 Å². The molecule has 3 N–H and O–H groups in total. The van der Waals surface area contributed by atoms with Crippen molar-refractivity contribution in [2.75, 3.05) is 13.1 Å². The molecule has 1 saturated carbocycles. The van der Waals surface area contributed by atoms with Crippen LogP contribution in [0.2, 0.25) is 0 Å². The van der Waals surface area contributed by atoms with E-state index in [4.69, 9.17) is 5.73 Å². The molecule has 0 aromatic heterocycles. The van der Waals surface area contributed by atoms with Gasteiger partial charge in [0, 0.05) is 6.04 Å². The second-order valence-corrected chi connectivity index (χ2v) is 3.66. The number of hydrogen-bond acceptors (Lipinski definition) is 2. The minimum atomic E-state index is 0.520. The van der Waals surface area contributed by atoms with E-state index in [1.54, 1.807) is 0 Å². The van der Waals surface area contributed by atoms with E-state index < -0.39 is 0 Å². The van der Waals surface area contributed by atoms with E-state index in [2.05, 4.69) is 5.32 Å². The normalized spacial score (nSPS) is 47.1. The highest BCUT2D eigenvalue weighted by Gasteiger charge is 2.34. The fraction of sp³-hybridized carbons (Fsp3) is 1.00. The van der Waals surface area contributed by atoms with Gasteiger partial charge in [0.25, 0.3) is 0 Å². The molecular weight excluding hydrogens is 124 g/mol. The molecule has 2 fully saturated rings. The molecule has 1 heterocycles. The summed E-state index contributed by atoms with van der Waals surface area (Å²) >= 11 is 0. The maximum atomic E-state index is 5.96. The van der Waals surface area contributed by atoms with E-state index >= 15 is 0 Å². The lowest BCUT2D eigenvalue weighted by atomic mass is 9.88. The molecule has 0 aromatic carbocycles. The van der Waals surface area contributed by atoms with Gasteiger partial charge in [-0.15, -0.1) is 0 Å². The molecule has 1 aliphatic heterocycles. The summed E-state index contributed by atoms with van der Waals surface area (Å²) in [5.74, 6) is 1.75. The molecule has 0 amide bonds. The van der Waals surface area contributed by atoms with Crippen molar-refractivity contribution in [3.63, 3.8) is 0 Å². The third kappa shape index (κ3) is 0.956. The predicted molar refractivity (Wildman–Crippen MR) is 41.7 cm³/mol. The van der Waals surface area contributed by atoms with E-state index in [1.807, 2.05) is 0 Å². The van der Waals surface area contributed by atoms with Crippen molar-refractivity contribution in [2.45, 2.75) is 25.3 Å².